The van der Waals surface area contributed by atoms with Crippen LogP contribution < -0.4 is 5.32 Å². The first kappa shape index (κ1) is 14.9. The quantitative estimate of drug-likeness (QED) is 0.918. The maximum Gasteiger partial charge on any atom is 0.125 e. The number of nitrogens with zero attached hydrogens (tertiary/aromatic N) is 4. The molecule has 2 heterocycles. The molecule has 2 rings (SSSR count). The van der Waals surface area contributed by atoms with E-state index in [1.165, 1.54) is 0 Å². The number of halogens is 1. The van der Waals surface area contributed by atoms with Crippen LogP contribution in [0, 0.1) is 6.92 Å². The van der Waals surface area contributed by atoms with Crippen molar-refractivity contribution in [1.82, 2.24) is 25.1 Å². The first-order valence-electron chi connectivity index (χ1n) is 6.73. The zero-order chi connectivity index (χ0) is 14.7. The molecule has 0 spiro atoms. The van der Waals surface area contributed by atoms with Gasteiger partial charge in [-0.2, -0.15) is 5.10 Å². The normalized spacial score (nSPS) is 12.7. The van der Waals surface area contributed by atoms with Crippen LogP contribution in [0.1, 0.15) is 35.9 Å². The molecule has 2 aromatic rings. The van der Waals surface area contributed by atoms with Crippen molar-refractivity contribution in [2.24, 2.45) is 7.05 Å². The highest BCUT2D eigenvalue weighted by Crippen LogP contribution is 2.25. The van der Waals surface area contributed by atoms with Gasteiger partial charge in [0.1, 0.15) is 5.82 Å². The average molecular weight is 294 g/mol. The lowest BCUT2D eigenvalue weighted by atomic mass is 10.1. The van der Waals surface area contributed by atoms with Crippen molar-refractivity contribution >= 4 is 11.6 Å². The Morgan fingerprint density at radius 2 is 2.20 bits per heavy atom. The van der Waals surface area contributed by atoms with Crippen LogP contribution in [0.5, 0.6) is 0 Å². The van der Waals surface area contributed by atoms with Gasteiger partial charge in [-0.15, -0.1) is 0 Å². The summed E-state index contributed by atoms with van der Waals surface area (Å²) in [7, 11) is 3.85. The minimum Gasteiger partial charge on any atom is -0.311 e. The number of aryl methyl sites for hydroxylation is 3. The molecule has 1 unspecified atom stereocenters. The number of likely N-dealkylation sites (N-methyl/N-ethyl adjacent to an activating group) is 1. The molecule has 108 valence electrons. The summed E-state index contributed by atoms with van der Waals surface area (Å²) in [5.41, 5.74) is 2.94. The Labute approximate surface area is 124 Å². The Bertz CT molecular complexity index is 593. The molecule has 20 heavy (non-hydrogen) atoms. The van der Waals surface area contributed by atoms with Gasteiger partial charge in [0.05, 0.1) is 28.1 Å². The third-order valence-corrected chi connectivity index (χ3v) is 3.84. The molecule has 0 aromatic carbocycles. The van der Waals surface area contributed by atoms with Gasteiger partial charge >= 0.3 is 0 Å². The molecule has 0 saturated heterocycles. The number of nitrogens with one attached hydrogen (secondary N) is 1. The molecule has 0 radical (unpaired) electrons. The van der Waals surface area contributed by atoms with E-state index in [1.807, 2.05) is 31.8 Å². The van der Waals surface area contributed by atoms with Gasteiger partial charge in [-0.25, -0.2) is 9.97 Å². The summed E-state index contributed by atoms with van der Waals surface area (Å²) in [5, 5.41) is 8.50. The molecule has 1 atom stereocenters. The van der Waals surface area contributed by atoms with E-state index in [9.17, 15) is 0 Å². The van der Waals surface area contributed by atoms with E-state index in [0.29, 0.717) is 0 Å². The van der Waals surface area contributed by atoms with Crippen LogP contribution in [0.25, 0.3) is 0 Å². The maximum absolute atomic E-state index is 6.41. The molecule has 5 nitrogen and oxygen atoms in total. The van der Waals surface area contributed by atoms with Crippen molar-refractivity contribution in [3.63, 3.8) is 0 Å². The minimum absolute atomic E-state index is 0.0920. The molecular formula is C14H20ClN5. The first-order valence-corrected chi connectivity index (χ1v) is 7.11. The number of hydrogen-bond acceptors (Lipinski definition) is 4. The van der Waals surface area contributed by atoms with Crippen molar-refractivity contribution in [2.45, 2.75) is 32.7 Å². The smallest absolute Gasteiger partial charge is 0.125 e. The van der Waals surface area contributed by atoms with Crippen molar-refractivity contribution in [3.05, 3.63) is 40.2 Å². The number of hydrogen-bond donors (Lipinski definition) is 1. The largest absolute Gasteiger partial charge is 0.311 e. The zero-order valence-electron chi connectivity index (χ0n) is 12.3. The maximum atomic E-state index is 6.41. The van der Waals surface area contributed by atoms with Gasteiger partial charge in [-0.05, 0) is 26.5 Å². The summed E-state index contributed by atoms with van der Waals surface area (Å²) in [5.74, 6) is 0.771. The highest BCUT2D eigenvalue weighted by molar-refractivity contribution is 6.31. The zero-order valence-corrected chi connectivity index (χ0v) is 13.1. The van der Waals surface area contributed by atoms with E-state index in [-0.39, 0.29) is 6.04 Å². The lowest BCUT2D eigenvalue weighted by Gasteiger charge is -2.16. The fourth-order valence-corrected chi connectivity index (χ4v) is 2.63. The Kier molecular flexibility index (Phi) is 4.73. The van der Waals surface area contributed by atoms with Gasteiger partial charge in [-0.1, -0.05) is 18.5 Å². The van der Waals surface area contributed by atoms with E-state index in [2.05, 4.69) is 27.3 Å². The predicted octanol–water partition coefficient (Wildman–Crippen LogP) is 2.24. The van der Waals surface area contributed by atoms with Gasteiger partial charge in [0, 0.05) is 19.7 Å². The minimum atomic E-state index is 0.0920. The fraction of sp³-hybridized carbons (Fsp3) is 0.500. The van der Waals surface area contributed by atoms with Crippen LogP contribution >= 0.6 is 11.6 Å². The third-order valence-electron chi connectivity index (χ3n) is 3.40. The average Bonchev–Trinajstić information content (AvgIpc) is 2.71. The summed E-state index contributed by atoms with van der Waals surface area (Å²) < 4.78 is 1.86. The standard InChI is InChI=1S/C14H20ClN5/c1-5-10-14(15)13(20(4)19-10)8-12(16-3)11-6-7-17-9(2)18-11/h6-7,12,16H,5,8H2,1-4H3. The molecule has 0 aliphatic rings. The molecule has 6 heteroatoms. The second kappa shape index (κ2) is 6.33. The van der Waals surface area contributed by atoms with Gasteiger partial charge in [0.15, 0.2) is 0 Å². The lowest BCUT2D eigenvalue weighted by Crippen LogP contribution is -2.21. The molecule has 2 aromatic heterocycles. The van der Waals surface area contributed by atoms with Gasteiger partial charge in [-0.3, -0.25) is 4.68 Å². The molecule has 0 saturated carbocycles. The monoisotopic (exact) mass is 293 g/mol. The second-order valence-electron chi connectivity index (χ2n) is 4.76. The van der Waals surface area contributed by atoms with E-state index < -0.39 is 0 Å². The van der Waals surface area contributed by atoms with E-state index in [0.717, 1.165) is 40.8 Å². The highest BCUT2D eigenvalue weighted by Gasteiger charge is 2.19. The van der Waals surface area contributed by atoms with E-state index >= 15 is 0 Å². The van der Waals surface area contributed by atoms with E-state index in [4.69, 9.17) is 11.6 Å². The van der Waals surface area contributed by atoms with Gasteiger partial charge in [0.25, 0.3) is 0 Å². The molecule has 0 aliphatic carbocycles. The molecule has 1 N–H and O–H groups in total. The Morgan fingerprint density at radius 1 is 1.45 bits per heavy atom. The number of rotatable bonds is 5. The molecule has 0 fully saturated rings. The molecule has 0 aliphatic heterocycles. The van der Waals surface area contributed by atoms with Crippen LogP contribution in [0.4, 0.5) is 0 Å². The van der Waals surface area contributed by atoms with Crippen molar-refractivity contribution in [3.8, 4) is 0 Å². The Hall–Kier alpha value is -1.46. The highest BCUT2D eigenvalue weighted by atomic mass is 35.5. The third kappa shape index (κ3) is 2.99. The van der Waals surface area contributed by atoms with E-state index in [1.54, 1.807) is 6.20 Å². The summed E-state index contributed by atoms with van der Waals surface area (Å²) in [4.78, 5) is 8.61. The van der Waals surface area contributed by atoms with Crippen LogP contribution in [0.3, 0.4) is 0 Å². The summed E-state index contributed by atoms with van der Waals surface area (Å²) in [6.45, 7) is 3.95. The van der Waals surface area contributed by atoms with Gasteiger partial charge < -0.3 is 5.32 Å². The van der Waals surface area contributed by atoms with Crippen molar-refractivity contribution < 1.29 is 0 Å². The first-order chi connectivity index (χ1) is 9.56. The second-order valence-corrected chi connectivity index (χ2v) is 5.14. The predicted molar refractivity (Wildman–Crippen MR) is 79.9 cm³/mol. The molecule has 0 bridgehead atoms. The van der Waals surface area contributed by atoms with Crippen LogP contribution in [-0.2, 0) is 19.9 Å². The lowest BCUT2D eigenvalue weighted by molar-refractivity contribution is 0.546. The van der Waals surface area contributed by atoms with Crippen molar-refractivity contribution in [2.75, 3.05) is 7.05 Å². The topological polar surface area (TPSA) is 55.6 Å². The molecular weight excluding hydrogens is 274 g/mol. The number of aromatic nitrogens is 4. The molecule has 0 amide bonds. The summed E-state index contributed by atoms with van der Waals surface area (Å²) in [6, 6.07) is 2.02. The van der Waals surface area contributed by atoms with Crippen LogP contribution in [-0.4, -0.2) is 26.8 Å². The summed E-state index contributed by atoms with van der Waals surface area (Å²) in [6.07, 6.45) is 3.36. The van der Waals surface area contributed by atoms with Crippen LogP contribution in [0.15, 0.2) is 12.3 Å². The Balaban J connectivity index is 2.29. The Morgan fingerprint density at radius 3 is 2.75 bits per heavy atom. The fourth-order valence-electron chi connectivity index (χ4n) is 2.26. The van der Waals surface area contributed by atoms with Crippen molar-refractivity contribution in [1.29, 1.82) is 0 Å². The van der Waals surface area contributed by atoms with Crippen LogP contribution in [0.2, 0.25) is 5.02 Å². The summed E-state index contributed by atoms with van der Waals surface area (Å²) >= 11 is 6.41. The van der Waals surface area contributed by atoms with Gasteiger partial charge in [0.2, 0.25) is 0 Å². The SMILES string of the molecule is CCc1nn(C)c(CC(NC)c2ccnc(C)n2)c1Cl.